The summed E-state index contributed by atoms with van der Waals surface area (Å²) >= 11 is 0. The van der Waals surface area contributed by atoms with E-state index in [2.05, 4.69) is 10.1 Å². The van der Waals surface area contributed by atoms with Crippen LogP contribution in [0.5, 0.6) is 6.01 Å². The highest BCUT2D eigenvalue weighted by Gasteiger charge is 2.16. The Morgan fingerprint density at radius 1 is 1.31 bits per heavy atom. The van der Waals surface area contributed by atoms with Crippen molar-refractivity contribution >= 4 is 0 Å². The fourth-order valence-electron chi connectivity index (χ4n) is 2.37. The van der Waals surface area contributed by atoms with Gasteiger partial charge in [-0.3, -0.25) is 0 Å². The van der Waals surface area contributed by atoms with E-state index in [0.717, 1.165) is 18.3 Å². The lowest BCUT2D eigenvalue weighted by Crippen LogP contribution is -2.16. The van der Waals surface area contributed by atoms with Crippen LogP contribution in [0.2, 0.25) is 0 Å². The summed E-state index contributed by atoms with van der Waals surface area (Å²) in [5.41, 5.74) is 0. The predicted molar refractivity (Wildman–Crippen MR) is 62.5 cm³/mol. The molecular formula is C12H21N3O. The van der Waals surface area contributed by atoms with Crippen molar-refractivity contribution in [3.63, 3.8) is 0 Å². The van der Waals surface area contributed by atoms with Gasteiger partial charge in [-0.2, -0.15) is 4.98 Å². The molecule has 0 spiro atoms. The Bertz CT molecular complexity index is 329. The molecule has 0 unspecified atom stereocenters. The molecular weight excluding hydrogens is 202 g/mol. The number of rotatable bonds is 4. The first-order chi connectivity index (χ1) is 7.79. The average molecular weight is 223 g/mol. The molecule has 0 radical (unpaired) electrons. The Morgan fingerprint density at radius 2 is 2.06 bits per heavy atom. The highest BCUT2D eigenvalue weighted by atomic mass is 16.5. The van der Waals surface area contributed by atoms with E-state index in [-0.39, 0.29) is 0 Å². The third kappa shape index (κ3) is 2.74. The van der Waals surface area contributed by atoms with Crippen molar-refractivity contribution in [3.8, 4) is 6.01 Å². The Kier molecular flexibility index (Phi) is 3.80. The molecule has 1 heterocycles. The van der Waals surface area contributed by atoms with Crippen LogP contribution in [-0.2, 0) is 6.54 Å². The Morgan fingerprint density at radius 3 is 2.75 bits per heavy atom. The number of aryl methyl sites for hydroxylation is 1. The van der Waals surface area contributed by atoms with Crippen molar-refractivity contribution in [2.45, 2.75) is 52.5 Å². The molecule has 0 atom stereocenters. The molecule has 90 valence electrons. The van der Waals surface area contributed by atoms with Crippen LogP contribution in [0, 0.1) is 12.8 Å². The van der Waals surface area contributed by atoms with Crippen LogP contribution in [0.3, 0.4) is 0 Å². The number of hydrogen-bond donors (Lipinski definition) is 0. The lowest BCUT2D eigenvalue weighted by atomic mass is 9.89. The quantitative estimate of drug-likeness (QED) is 0.787. The zero-order chi connectivity index (χ0) is 11.4. The van der Waals surface area contributed by atoms with E-state index >= 15 is 0 Å². The molecule has 0 N–H and O–H groups in total. The zero-order valence-electron chi connectivity index (χ0n) is 10.3. The van der Waals surface area contributed by atoms with E-state index in [4.69, 9.17) is 4.74 Å². The van der Waals surface area contributed by atoms with Crippen molar-refractivity contribution in [3.05, 3.63) is 5.82 Å². The Balaban J connectivity index is 1.96. The standard InChI is InChI=1S/C12H21N3O/c1-3-16-12-13-10(2)15(14-12)9-11-7-5-4-6-8-11/h11H,3-9H2,1-2H3. The third-order valence-electron chi connectivity index (χ3n) is 3.27. The van der Waals surface area contributed by atoms with E-state index in [9.17, 15) is 0 Å². The van der Waals surface area contributed by atoms with Gasteiger partial charge in [0, 0.05) is 6.54 Å². The molecule has 0 saturated heterocycles. The lowest BCUT2D eigenvalue weighted by Gasteiger charge is -2.21. The summed E-state index contributed by atoms with van der Waals surface area (Å²) in [5.74, 6) is 1.75. The highest BCUT2D eigenvalue weighted by Crippen LogP contribution is 2.25. The number of nitrogens with zero attached hydrogens (tertiary/aromatic N) is 3. The first-order valence-corrected chi connectivity index (χ1v) is 6.34. The first kappa shape index (κ1) is 11.4. The van der Waals surface area contributed by atoms with Gasteiger partial charge < -0.3 is 4.74 Å². The molecule has 0 aliphatic heterocycles. The van der Waals surface area contributed by atoms with Gasteiger partial charge in [0.15, 0.2) is 0 Å². The van der Waals surface area contributed by atoms with E-state index in [0.29, 0.717) is 12.6 Å². The van der Waals surface area contributed by atoms with Crippen LogP contribution < -0.4 is 4.74 Å². The van der Waals surface area contributed by atoms with Crippen molar-refractivity contribution in [1.82, 2.24) is 14.8 Å². The summed E-state index contributed by atoms with van der Waals surface area (Å²) in [6.07, 6.45) is 6.82. The summed E-state index contributed by atoms with van der Waals surface area (Å²) in [6, 6.07) is 0.524. The molecule has 2 rings (SSSR count). The van der Waals surface area contributed by atoms with E-state index in [1.54, 1.807) is 0 Å². The van der Waals surface area contributed by atoms with Gasteiger partial charge in [0.05, 0.1) is 6.61 Å². The van der Waals surface area contributed by atoms with Gasteiger partial charge >= 0.3 is 6.01 Å². The topological polar surface area (TPSA) is 39.9 Å². The molecule has 1 aliphatic carbocycles. The maximum absolute atomic E-state index is 5.31. The van der Waals surface area contributed by atoms with Crippen LogP contribution in [-0.4, -0.2) is 21.4 Å². The van der Waals surface area contributed by atoms with Crippen LogP contribution in [0.4, 0.5) is 0 Å². The van der Waals surface area contributed by atoms with Gasteiger partial charge in [-0.05, 0) is 32.6 Å². The van der Waals surface area contributed by atoms with Crippen molar-refractivity contribution < 1.29 is 4.74 Å². The fourth-order valence-corrected chi connectivity index (χ4v) is 2.37. The Labute approximate surface area is 97.0 Å². The monoisotopic (exact) mass is 223 g/mol. The number of hydrogen-bond acceptors (Lipinski definition) is 3. The van der Waals surface area contributed by atoms with Crippen molar-refractivity contribution in [2.24, 2.45) is 5.92 Å². The first-order valence-electron chi connectivity index (χ1n) is 6.34. The molecule has 1 fully saturated rings. The second-order valence-corrected chi connectivity index (χ2v) is 4.56. The second-order valence-electron chi connectivity index (χ2n) is 4.56. The molecule has 0 bridgehead atoms. The van der Waals surface area contributed by atoms with Gasteiger partial charge in [0.2, 0.25) is 0 Å². The predicted octanol–water partition coefficient (Wildman–Crippen LogP) is 2.57. The second kappa shape index (κ2) is 5.32. The number of aromatic nitrogens is 3. The maximum atomic E-state index is 5.31. The normalized spacial score (nSPS) is 17.6. The van der Waals surface area contributed by atoms with E-state index in [1.165, 1.54) is 32.1 Å². The minimum atomic E-state index is 0.524. The molecule has 16 heavy (non-hydrogen) atoms. The van der Waals surface area contributed by atoms with Crippen LogP contribution >= 0.6 is 0 Å². The van der Waals surface area contributed by atoms with Crippen molar-refractivity contribution in [2.75, 3.05) is 6.61 Å². The van der Waals surface area contributed by atoms with Gasteiger partial charge in [-0.1, -0.05) is 19.3 Å². The molecule has 4 nitrogen and oxygen atoms in total. The van der Waals surface area contributed by atoms with Crippen LogP contribution in [0.15, 0.2) is 0 Å². The van der Waals surface area contributed by atoms with E-state index < -0.39 is 0 Å². The number of ether oxygens (including phenoxy) is 1. The molecule has 0 amide bonds. The highest BCUT2D eigenvalue weighted by molar-refractivity contribution is 4.95. The SMILES string of the molecule is CCOc1nc(C)n(CC2CCCCC2)n1. The smallest absolute Gasteiger partial charge is 0.335 e. The largest absolute Gasteiger partial charge is 0.463 e. The minimum absolute atomic E-state index is 0.524. The summed E-state index contributed by atoms with van der Waals surface area (Å²) in [5, 5.41) is 4.38. The summed E-state index contributed by atoms with van der Waals surface area (Å²) in [7, 11) is 0. The molecule has 1 saturated carbocycles. The fraction of sp³-hybridized carbons (Fsp3) is 0.833. The van der Waals surface area contributed by atoms with Crippen molar-refractivity contribution in [1.29, 1.82) is 0 Å². The molecule has 0 aromatic carbocycles. The molecule has 4 heteroatoms. The van der Waals surface area contributed by atoms with Gasteiger partial charge in [0.1, 0.15) is 5.82 Å². The molecule has 1 aliphatic rings. The molecule has 1 aromatic rings. The minimum Gasteiger partial charge on any atom is -0.463 e. The summed E-state index contributed by atoms with van der Waals surface area (Å²) in [6.45, 7) is 5.59. The third-order valence-corrected chi connectivity index (χ3v) is 3.27. The maximum Gasteiger partial charge on any atom is 0.335 e. The average Bonchev–Trinajstić information content (AvgIpc) is 2.61. The van der Waals surface area contributed by atoms with Crippen LogP contribution in [0.25, 0.3) is 0 Å². The van der Waals surface area contributed by atoms with Gasteiger partial charge in [0.25, 0.3) is 0 Å². The Hall–Kier alpha value is -1.06. The lowest BCUT2D eigenvalue weighted by molar-refractivity contribution is 0.289. The van der Waals surface area contributed by atoms with Crippen LogP contribution in [0.1, 0.15) is 44.9 Å². The van der Waals surface area contributed by atoms with Gasteiger partial charge in [-0.15, -0.1) is 5.10 Å². The van der Waals surface area contributed by atoms with E-state index in [1.807, 2.05) is 18.5 Å². The zero-order valence-corrected chi connectivity index (χ0v) is 10.3. The summed E-state index contributed by atoms with van der Waals surface area (Å²) in [4.78, 5) is 4.30. The molecule has 1 aromatic heterocycles. The van der Waals surface area contributed by atoms with Gasteiger partial charge in [-0.25, -0.2) is 4.68 Å². The summed E-state index contributed by atoms with van der Waals surface area (Å²) < 4.78 is 7.31.